The second-order valence-electron chi connectivity index (χ2n) is 6.36. The predicted molar refractivity (Wildman–Crippen MR) is 88.4 cm³/mol. The first-order valence-corrected chi connectivity index (χ1v) is 8.49. The highest BCUT2D eigenvalue weighted by molar-refractivity contribution is 5.40. The van der Waals surface area contributed by atoms with Crippen LogP contribution in [0.15, 0.2) is 18.2 Å². The molecule has 2 heteroatoms. The van der Waals surface area contributed by atoms with Crippen molar-refractivity contribution in [1.82, 2.24) is 0 Å². The highest BCUT2D eigenvalue weighted by atomic mass is 16.5. The summed E-state index contributed by atoms with van der Waals surface area (Å²) in [5.41, 5.74) is 1.39. The molecule has 2 nitrogen and oxygen atoms in total. The summed E-state index contributed by atoms with van der Waals surface area (Å²) < 4.78 is 10.8. The Labute approximate surface area is 129 Å². The maximum atomic E-state index is 5.39. The first kappa shape index (κ1) is 16.2. The minimum Gasteiger partial charge on any atom is -0.497 e. The molecule has 1 saturated carbocycles. The van der Waals surface area contributed by atoms with Gasteiger partial charge in [0, 0.05) is 6.07 Å². The van der Waals surface area contributed by atoms with Crippen LogP contribution in [-0.4, -0.2) is 14.2 Å². The van der Waals surface area contributed by atoms with Crippen LogP contribution in [0.2, 0.25) is 0 Å². The second-order valence-corrected chi connectivity index (χ2v) is 6.36. The molecule has 0 heterocycles. The average Bonchev–Trinajstić information content (AvgIpc) is 2.55. The van der Waals surface area contributed by atoms with E-state index in [0.29, 0.717) is 5.92 Å². The van der Waals surface area contributed by atoms with E-state index in [1.807, 2.05) is 6.07 Å². The van der Waals surface area contributed by atoms with Crippen LogP contribution >= 0.6 is 0 Å². The molecular formula is C19H30O2. The Morgan fingerprint density at radius 2 is 1.52 bits per heavy atom. The third-order valence-corrected chi connectivity index (χ3v) is 4.91. The third-order valence-electron chi connectivity index (χ3n) is 4.91. The zero-order valence-electron chi connectivity index (χ0n) is 13.9. The fourth-order valence-electron chi connectivity index (χ4n) is 3.53. The summed E-state index contributed by atoms with van der Waals surface area (Å²) in [4.78, 5) is 0. The lowest BCUT2D eigenvalue weighted by molar-refractivity contribution is 0.301. The van der Waals surface area contributed by atoms with Gasteiger partial charge in [0.1, 0.15) is 11.5 Å². The van der Waals surface area contributed by atoms with Crippen molar-refractivity contribution in [3.8, 4) is 11.5 Å². The molecule has 1 aromatic carbocycles. The van der Waals surface area contributed by atoms with Gasteiger partial charge < -0.3 is 9.47 Å². The third kappa shape index (κ3) is 4.66. The van der Waals surface area contributed by atoms with Gasteiger partial charge >= 0.3 is 0 Å². The van der Waals surface area contributed by atoms with Crippen molar-refractivity contribution < 1.29 is 9.47 Å². The van der Waals surface area contributed by atoms with Gasteiger partial charge in [-0.2, -0.15) is 0 Å². The molecule has 0 spiro atoms. The molecule has 1 fully saturated rings. The largest absolute Gasteiger partial charge is 0.497 e. The smallest absolute Gasteiger partial charge is 0.122 e. The molecule has 0 N–H and O–H groups in total. The zero-order valence-corrected chi connectivity index (χ0v) is 13.9. The summed E-state index contributed by atoms with van der Waals surface area (Å²) in [7, 11) is 3.45. The average molecular weight is 290 g/mol. The van der Waals surface area contributed by atoms with E-state index in [1.54, 1.807) is 14.2 Å². The van der Waals surface area contributed by atoms with Gasteiger partial charge in [0.2, 0.25) is 0 Å². The monoisotopic (exact) mass is 290 g/mol. The van der Waals surface area contributed by atoms with E-state index in [2.05, 4.69) is 19.1 Å². The maximum Gasteiger partial charge on any atom is 0.122 e. The Morgan fingerprint density at radius 1 is 0.905 bits per heavy atom. The van der Waals surface area contributed by atoms with Crippen molar-refractivity contribution in [2.45, 2.75) is 64.2 Å². The van der Waals surface area contributed by atoms with Crippen LogP contribution in [0.3, 0.4) is 0 Å². The lowest BCUT2D eigenvalue weighted by atomic mass is 9.77. The Hall–Kier alpha value is -1.18. The van der Waals surface area contributed by atoms with Crippen LogP contribution < -0.4 is 9.47 Å². The van der Waals surface area contributed by atoms with Gasteiger partial charge in [-0.1, -0.05) is 32.6 Å². The normalized spacial score (nSPS) is 22.0. The molecule has 0 atom stereocenters. The molecule has 0 radical (unpaired) electrons. The summed E-state index contributed by atoms with van der Waals surface area (Å²) in [6, 6.07) is 6.33. The van der Waals surface area contributed by atoms with E-state index in [4.69, 9.17) is 9.47 Å². The highest BCUT2D eigenvalue weighted by Gasteiger charge is 2.22. The summed E-state index contributed by atoms with van der Waals surface area (Å²) in [5, 5.41) is 0. The summed E-state index contributed by atoms with van der Waals surface area (Å²) in [5.74, 6) is 3.46. The number of unbranched alkanes of at least 4 members (excludes halogenated alkanes) is 2. The standard InChI is InChI=1S/C19H30O2/c1-4-5-6-7-15-8-10-16(11-9-15)17-12-18(20-2)14-19(13-17)21-3/h12-16H,4-11H2,1-3H3. The maximum absolute atomic E-state index is 5.39. The van der Waals surface area contributed by atoms with Gasteiger partial charge in [-0.15, -0.1) is 0 Å². The van der Waals surface area contributed by atoms with Crippen molar-refractivity contribution >= 4 is 0 Å². The Morgan fingerprint density at radius 3 is 2.05 bits per heavy atom. The van der Waals surface area contributed by atoms with Gasteiger partial charge in [-0.25, -0.2) is 0 Å². The Balaban J connectivity index is 1.92. The first-order chi connectivity index (χ1) is 10.3. The molecule has 21 heavy (non-hydrogen) atoms. The molecule has 0 saturated heterocycles. The van der Waals surface area contributed by atoms with Crippen LogP contribution in [0.5, 0.6) is 11.5 Å². The van der Waals surface area contributed by atoms with Crippen LogP contribution in [-0.2, 0) is 0 Å². The molecule has 1 aromatic rings. The number of methoxy groups -OCH3 is 2. The molecule has 0 aliphatic heterocycles. The van der Waals surface area contributed by atoms with Crippen molar-refractivity contribution in [3.63, 3.8) is 0 Å². The molecule has 0 unspecified atom stereocenters. The Kier molecular flexibility index (Phi) is 6.41. The summed E-state index contributed by atoms with van der Waals surface area (Å²) >= 11 is 0. The lowest BCUT2D eigenvalue weighted by Gasteiger charge is -2.29. The van der Waals surface area contributed by atoms with Crippen LogP contribution in [0.1, 0.15) is 69.8 Å². The van der Waals surface area contributed by atoms with E-state index in [9.17, 15) is 0 Å². The van der Waals surface area contributed by atoms with Crippen LogP contribution in [0.25, 0.3) is 0 Å². The number of rotatable bonds is 7. The zero-order chi connectivity index (χ0) is 15.1. The number of hydrogen-bond acceptors (Lipinski definition) is 2. The van der Waals surface area contributed by atoms with Crippen molar-refractivity contribution in [1.29, 1.82) is 0 Å². The van der Waals surface area contributed by atoms with Gasteiger partial charge in [-0.3, -0.25) is 0 Å². The van der Waals surface area contributed by atoms with Gasteiger partial charge in [-0.05, 0) is 55.2 Å². The fourth-order valence-corrected chi connectivity index (χ4v) is 3.53. The molecule has 0 aromatic heterocycles. The van der Waals surface area contributed by atoms with E-state index >= 15 is 0 Å². The van der Waals surface area contributed by atoms with E-state index < -0.39 is 0 Å². The first-order valence-electron chi connectivity index (χ1n) is 8.49. The van der Waals surface area contributed by atoms with Gasteiger partial charge in [0.25, 0.3) is 0 Å². The summed E-state index contributed by atoms with van der Waals surface area (Å²) in [6.07, 6.45) is 11.0. The molecular weight excluding hydrogens is 260 g/mol. The SMILES string of the molecule is CCCCCC1CCC(c2cc(OC)cc(OC)c2)CC1. The minimum absolute atomic E-state index is 0.677. The second kappa shape index (κ2) is 8.31. The highest BCUT2D eigenvalue weighted by Crippen LogP contribution is 2.39. The summed E-state index contributed by atoms with van der Waals surface area (Å²) in [6.45, 7) is 2.28. The van der Waals surface area contributed by atoms with E-state index in [0.717, 1.165) is 17.4 Å². The molecule has 118 valence electrons. The molecule has 1 aliphatic rings. The molecule has 2 rings (SSSR count). The molecule has 0 amide bonds. The Bertz CT molecular complexity index is 397. The van der Waals surface area contributed by atoms with E-state index in [1.165, 1.54) is 56.9 Å². The topological polar surface area (TPSA) is 18.5 Å². The van der Waals surface area contributed by atoms with Crippen molar-refractivity contribution in [2.75, 3.05) is 14.2 Å². The number of ether oxygens (including phenoxy) is 2. The van der Waals surface area contributed by atoms with E-state index in [-0.39, 0.29) is 0 Å². The van der Waals surface area contributed by atoms with Crippen LogP contribution in [0.4, 0.5) is 0 Å². The predicted octanol–water partition coefficient (Wildman–Crippen LogP) is 5.56. The number of hydrogen-bond donors (Lipinski definition) is 0. The van der Waals surface area contributed by atoms with Crippen molar-refractivity contribution in [2.24, 2.45) is 5.92 Å². The number of benzene rings is 1. The molecule has 0 bridgehead atoms. The molecule has 1 aliphatic carbocycles. The minimum atomic E-state index is 0.677. The van der Waals surface area contributed by atoms with Crippen LogP contribution in [0, 0.1) is 5.92 Å². The quantitative estimate of drug-likeness (QED) is 0.612. The fraction of sp³-hybridized carbons (Fsp3) is 0.684. The van der Waals surface area contributed by atoms with Gasteiger partial charge in [0.15, 0.2) is 0 Å². The van der Waals surface area contributed by atoms with Gasteiger partial charge in [0.05, 0.1) is 14.2 Å². The van der Waals surface area contributed by atoms with Crippen molar-refractivity contribution in [3.05, 3.63) is 23.8 Å². The lowest BCUT2D eigenvalue weighted by Crippen LogP contribution is -2.13.